The third-order valence-electron chi connectivity index (χ3n) is 8.75. The van der Waals surface area contributed by atoms with Crippen molar-refractivity contribution in [3.63, 3.8) is 0 Å². The molecule has 2 aromatic carbocycles. The minimum absolute atomic E-state index is 0.00945. The van der Waals surface area contributed by atoms with E-state index in [2.05, 4.69) is 33.1 Å². The average molecular weight is 809 g/mol. The van der Waals surface area contributed by atoms with Crippen molar-refractivity contribution in [3.05, 3.63) is 65.2 Å². The lowest BCUT2D eigenvalue weighted by Gasteiger charge is -2.26. The minimum atomic E-state index is -1.23. The Balaban J connectivity index is 1.17. The van der Waals surface area contributed by atoms with E-state index in [1.165, 1.54) is 0 Å². The molecule has 0 radical (unpaired) electrons. The fourth-order valence-electron chi connectivity index (χ4n) is 5.66. The number of urea groups is 1. The number of nitrogens with two attached hydrogens (primary N) is 1. The van der Waals surface area contributed by atoms with Gasteiger partial charge >= 0.3 is 12.0 Å². The molecule has 17 nitrogen and oxygen atoms in total. The topological polar surface area (TPSA) is 237 Å². The van der Waals surface area contributed by atoms with Crippen LogP contribution >= 0.6 is 0 Å². The Morgan fingerprint density at radius 1 is 0.724 bits per heavy atom. The molecular formula is C41H56N6O11. The second-order valence-corrected chi connectivity index (χ2v) is 13.6. The highest BCUT2D eigenvalue weighted by Gasteiger charge is 2.28. The predicted molar refractivity (Wildman–Crippen MR) is 213 cm³/mol. The number of carboxylic acids is 1. The Morgan fingerprint density at radius 3 is 1.98 bits per heavy atom. The van der Waals surface area contributed by atoms with Crippen LogP contribution in [0, 0.1) is 17.8 Å². The van der Waals surface area contributed by atoms with Gasteiger partial charge in [0.15, 0.2) is 0 Å². The molecule has 0 saturated carbocycles. The van der Waals surface area contributed by atoms with Gasteiger partial charge in [0.05, 0.1) is 65.1 Å². The fourth-order valence-corrected chi connectivity index (χ4v) is 5.66. The first-order valence-corrected chi connectivity index (χ1v) is 19.4. The molecule has 1 heterocycles. The lowest BCUT2D eigenvalue weighted by Crippen LogP contribution is -2.53. The van der Waals surface area contributed by atoms with Crippen molar-refractivity contribution in [2.75, 3.05) is 70.8 Å². The zero-order valence-electron chi connectivity index (χ0n) is 33.2. The van der Waals surface area contributed by atoms with Crippen molar-refractivity contribution in [1.82, 2.24) is 21.3 Å². The van der Waals surface area contributed by atoms with Crippen molar-refractivity contribution in [1.29, 1.82) is 0 Å². The minimum Gasteiger partial charge on any atom is -0.480 e. The summed E-state index contributed by atoms with van der Waals surface area (Å²) in [4.78, 5) is 75.0. The Hall–Kier alpha value is -5.54. The summed E-state index contributed by atoms with van der Waals surface area (Å²) in [5.41, 5.74) is 8.31. The van der Waals surface area contributed by atoms with Gasteiger partial charge in [0.25, 0.3) is 0 Å². The summed E-state index contributed by atoms with van der Waals surface area (Å²) >= 11 is 0. The number of benzene rings is 2. The SMILES string of the molecule is CC(C)[C@H](NC(=O)CCOCCOCCOCCOCCNC(=O)CCC(=O)N1Cc2ccccc2C#Cc2ccccc21)C(=O)N[C@@H](CCCNC(N)=O)C(=O)O. The maximum Gasteiger partial charge on any atom is 0.326 e. The summed E-state index contributed by atoms with van der Waals surface area (Å²) in [5, 5.41) is 19.7. The van der Waals surface area contributed by atoms with Gasteiger partial charge in [0, 0.05) is 43.5 Å². The number of anilines is 1. The molecule has 17 heteroatoms. The average Bonchev–Trinajstić information content (AvgIpc) is 3.19. The van der Waals surface area contributed by atoms with Gasteiger partial charge in [-0.3, -0.25) is 19.2 Å². The van der Waals surface area contributed by atoms with Gasteiger partial charge < -0.3 is 56.0 Å². The third-order valence-corrected chi connectivity index (χ3v) is 8.75. The number of para-hydroxylation sites is 1. The predicted octanol–water partition coefficient (Wildman–Crippen LogP) is 1.44. The van der Waals surface area contributed by atoms with Gasteiger partial charge in [-0.05, 0) is 42.5 Å². The molecule has 2 aromatic rings. The molecule has 3 rings (SSSR count). The van der Waals surface area contributed by atoms with Crippen LogP contribution in [0.1, 0.15) is 62.6 Å². The quantitative estimate of drug-likeness (QED) is 0.0558. The Kier molecular flexibility index (Phi) is 21.3. The van der Waals surface area contributed by atoms with Crippen molar-refractivity contribution in [2.45, 2.75) is 64.6 Å². The standard InChI is InChI=1S/C41H56N6O11/c1-29(2)38(39(51)45-33(40(52)53)11-7-18-44-41(42)54)46-36(49)17-20-55-22-24-57-26-27-58-25-23-56-21-19-43-35(48)15-16-37(50)47-28-32-10-4-3-8-30(32)13-14-31-9-5-6-12-34(31)47/h3-6,8-10,12,29,33,38H,7,11,15-28H2,1-2H3,(H,43,48)(H,45,51)(H,46,49)(H,52,53)(H3,42,44,54)/t33-,38-/m0/s1. The van der Waals surface area contributed by atoms with Crippen LogP contribution in [0.2, 0.25) is 0 Å². The summed E-state index contributed by atoms with van der Waals surface area (Å²) < 4.78 is 21.9. The zero-order valence-corrected chi connectivity index (χ0v) is 33.2. The zero-order chi connectivity index (χ0) is 42.1. The lowest BCUT2D eigenvalue weighted by atomic mass is 10.0. The normalized spacial score (nSPS) is 12.7. The number of rotatable bonds is 27. The van der Waals surface area contributed by atoms with Crippen LogP contribution in [0.25, 0.3) is 0 Å². The van der Waals surface area contributed by atoms with E-state index >= 15 is 0 Å². The van der Waals surface area contributed by atoms with Crippen LogP contribution in [0.3, 0.4) is 0 Å². The number of hydrogen-bond donors (Lipinski definition) is 6. The molecule has 1 aliphatic rings. The van der Waals surface area contributed by atoms with Crippen molar-refractivity contribution in [2.24, 2.45) is 11.7 Å². The number of ether oxygens (including phenoxy) is 4. The van der Waals surface area contributed by atoms with Crippen LogP contribution in [-0.2, 0) is 49.5 Å². The summed E-state index contributed by atoms with van der Waals surface area (Å²) in [7, 11) is 0. The molecule has 316 valence electrons. The number of primary amides is 1. The number of fused-ring (bicyclic) bond motifs is 2. The van der Waals surface area contributed by atoms with E-state index in [-0.39, 0.29) is 76.2 Å². The van der Waals surface area contributed by atoms with E-state index in [0.29, 0.717) is 46.1 Å². The number of carbonyl (C=O) groups is 6. The molecule has 0 saturated heterocycles. The summed E-state index contributed by atoms with van der Waals surface area (Å²) in [5.74, 6) is 3.38. The maximum absolute atomic E-state index is 13.3. The summed E-state index contributed by atoms with van der Waals surface area (Å²) in [6.07, 6.45) is 0.442. The van der Waals surface area contributed by atoms with Crippen LogP contribution in [0.15, 0.2) is 48.5 Å². The molecule has 1 aliphatic heterocycles. The molecule has 0 aromatic heterocycles. The van der Waals surface area contributed by atoms with Crippen LogP contribution in [0.5, 0.6) is 0 Å². The highest BCUT2D eigenvalue weighted by Crippen LogP contribution is 2.26. The number of carbonyl (C=O) groups excluding carboxylic acids is 5. The number of nitrogens with zero attached hydrogens (tertiary/aromatic N) is 1. The van der Waals surface area contributed by atoms with Crippen molar-refractivity contribution < 1.29 is 52.8 Å². The highest BCUT2D eigenvalue weighted by molar-refractivity contribution is 5.97. The monoisotopic (exact) mass is 808 g/mol. The number of carboxylic acid groups (broad SMARTS) is 1. The fraction of sp³-hybridized carbons (Fsp3) is 0.512. The van der Waals surface area contributed by atoms with Gasteiger partial charge in [-0.1, -0.05) is 56.0 Å². The van der Waals surface area contributed by atoms with Crippen molar-refractivity contribution >= 4 is 41.3 Å². The van der Waals surface area contributed by atoms with E-state index in [4.69, 9.17) is 24.7 Å². The number of amides is 6. The first-order chi connectivity index (χ1) is 28.0. The van der Waals surface area contributed by atoms with Gasteiger partial charge in [-0.2, -0.15) is 0 Å². The van der Waals surface area contributed by atoms with E-state index in [0.717, 1.165) is 22.4 Å². The second kappa shape index (κ2) is 26.4. The molecule has 0 fully saturated rings. The molecular weight excluding hydrogens is 752 g/mol. The lowest BCUT2D eigenvalue weighted by molar-refractivity contribution is -0.142. The smallest absolute Gasteiger partial charge is 0.326 e. The Morgan fingerprint density at radius 2 is 1.33 bits per heavy atom. The summed E-state index contributed by atoms with van der Waals surface area (Å²) in [6.45, 7) is 6.52. The van der Waals surface area contributed by atoms with Crippen LogP contribution in [0.4, 0.5) is 10.5 Å². The molecule has 0 spiro atoms. The molecule has 0 bridgehead atoms. The largest absolute Gasteiger partial charge is 0.480 e. The molecule has 2 atom stereocenters. The Labute approximate surface area is 339 Å². The molecule has 7 N–H and O–H groups in total. The number of nitrogens with one attached hydrogen (secondary N) is 4. The van der Waals surface area contributed by atoms with Gasteiger partial charge in [0.1, 0.15) is 12.1 Å². The van der Waals surface area contributed by atoms with Crippen LogP contribution < -0.4 is 31.9 Å². The highest BCUT2D eigenvalue weighted by atomic mass is 16.6. The van der Waals surface area contributed by atoms with Gasteiger partial charge in [-0.15, -0.1) is 0 Å². The van der Waals surface area contributed by atoms with Crippen molar-refractivity contribution in [3.8, 4) is 11.8 Å². The van der Waals surface area contributed by atoms with E-state index < -0.39 is 35.9 Å². The number of aliphatic carboxylic acids is 1. The molecule has 0 aliphatic carbocycles. The van der Waals surface area contributed by atoms with Gasteiger partial charge in [-0.25, -0.2) is 9.59 Å². The summed E-state index contributed by atoms with van der Waals surface area (Å²) in [6, 6.07) is 12.4. The number of hydrogen-bond acceptors (Lipinski definition) is 10. The van der Waals surface area contributed by atoms with Crippen LogP contribution in [-0.4, -0.2) is 119 Å². The molecule has 6 amide bonds. The van der Waals surface area contributed by atoms with E-state index in [9.17, 15) is 33.9 Å². The second-order valence-electron chi connectivity index (χ2n) is 13.6. The molecule has 58 heavy (non-hydrogen) atoms. The van der Waals surface area contributed by atoms with Gasteiger partial charge in [0.2, 0.25) is 23.6 Å². The third kappa shape index (κ3) is 17.7. The first-order valence-electron chi connectivity index (χ1n) is 19.4. The Bertz CT molecular complexity index is 1730. The first kappa shape index (κ1) is 46.8. The van der Waals surface area contributed by atoms with E-state index in [1.807, 2.05) is 48.5 Å². The molecule has 0 unspecified atom stereocenters. The van der Waals surface area contributed by atoms with E-state index in [1.54, 1.807) is 18.7 Å². The maximum atomic E-state index is 13.3.